The third-order valence-electron chi connectivity index (χ3n) is 6.75. The Hall–Kier alpha value is -2.41. The van der Waals surface area contributed by atoms with Gasteiger partial charge in [-0.25, -0.2) is 4.98 Å². The molecule has 3 N–H and O–H groups in total. The summed E-state index contributed by atoms with van der Waals surface area (Å²) in [6.45, 7) is 0.904. The second kappa shape index (κ2) is 11.6. The second-order valence-electron chi connectivity index (χ2n) is 9.58. The Kier molecular flexibility index (Phi) is 8.37. The Morgan fingerprint density at radius 2 is 1.73 bits per heavy atom. The zero-order valence-electron chi connectivity index (χ0n) is 20.1. The molecule has 0 amide bonds. The summed E-state index contributed by atoms with van der Waals surface area (Å²) in [6, 6.07) is 11.5. The maximum absolute atomic E-state index is 5.53. The van der Waals surface area contributed by atoms with E-state index in [0.717, 1.165) is 74.8 Å². The first kappa shape index (κ1) is 23.7. The first-order valence-corrected chi connectivity index (χ1v) is 12.9. The van der Waals surface area contributed by atoms with E-state index in [9.17, 15) is 0 Å². The van der Waals surface area contributed by atoms with Crippen molar-refractivity contribution in [3.8, 4) is 0 Å². The number of hydrogen-bond donors (Lipinski definition) is 3. The van der Waals surface area contributed by atoms with Crippen molar-refractivity contribution in [1.29, 1.82) is 0 Å². The summed E-state index contributed by atoms with van der Waals surface area (Å²) >= 11 is 5.53. The van der Waals surface area contributed by atoms with Gasteiger partial charge in [0.05, 0.1) is 5.69 Å². The fourth-order valence-corrected chi connectivity index (χ4v) is 5.22. The number of aryl methyl sites for hydroxylation is 2. The molecule has 0 bridgehead atoms. The highest BCUT2D eigenvalue weighted by Crippen LogP contribution is 2.29. The van der Waals surface area contributed by atoms with Crippen LogP contribution in [-0.4, -0.2) is 47.8 Å². The number of nitrogens with one attached hydrogen (secondary N) is 3. The van der Waals surface area contributed by atoms with Gasteiger partial charge in [0.1, 0.15) is 5.82 Å². The Morgan fingerprint density at radius 1 is 1.00 bits per heavy atom. The molecule has 0 saturated heterocycles. The minimum atomic E-state index is 0.423. The van der Waals surface area contributed by atoms with Crippen molar-refractivity contribution in [3.63, 3.8) is 0 Å². The molecule has 178 valence electrons. The van der Waals surface area contributed by atoms with Gasteiger partial charge in [0, 0.05) is 38.3 Å². The van der Waals surface area contributed by atoms with Crippen LogP contribution in [0.15, 0.2) is 30.3 Å². The van der Waals surface area contributed by atoms with Crippen molar-refractivity contribution in [2.45, 2.75) is 76.3 Å². The molecule has 2 aliphatic carbocycles. The number of aromatic nitrogens is 2. The van der Waals surface area contributed by atoms with E-state index in [1.165, 1.54) is 29.7 Å². The summed E-state index contributed by atoms with van der Waals surface area (Å²) in [6.07, 6.45) is 11.2. The molecule has 6 nitrogen and oxygen atoms in total. The highest BCUT2D eigenvalue weighted by atomic mass is 32.1. The molecular weight excluding hydrogens is 428 g/mol. The van der Waals surface area contributed by atoms with Crippen molar-refractivity contribution in [2.24, 2.45) is 0 Å². The molecule has 1 saturated carbocycles. The predicted octanol–water partition coefficient (Wildman–Crippen LogP) is 4.24. The quantitative estimate of drug-likeness (QED) is 0.397. The van der Waals surface area contributed by atoms with E-state index in [4.69, 9.17) is 22.2 Å². The van der Waals surface area contributed by atoms with Gasteiger partial charge in [0.25, 0.3) is 0 Å². The Morgan fingerprint density at radius 3 is 2.48 bits per heavy atom. The van der Waals surface area contributed by atoms with Crippen molar-refractivity contribution < 1.29 is 0 Å². The lowest BCUT2D eigenvalue weighted by Gasteiger charge is -2.31. The van der Waals surface area contributed by atoms with Gasteiger partial charge < -0.3 is 20.9 Å². The molecule has 7 heteroatoms. The molecule has 2 aliphatic rings. The van der Waals surface area contributed by atoms with Gasteiger partial charge in [-0.1, -0.05) is 30.3 Å². The van der Waals surface area contributed by atoms with Crippen molar-refractivity contribution >= 4 is 29.1 Å². The molecule has 4 rings (SSSR count). The standard InChI is InChI=1S/C26H38N6S/c1-32(2)24-22-12-6-7-13-23(22)30-25(31-24)28-20-14-16-21(17-15-20)29-26(33)27-18-8-11-19-9-4-3-5-10-19/h3-5,9-10,20-21H,6-8,11-18H2,1-2H3,(H2,27,29,33)(H,28,30,31). The molecule has 1 fully saturated rings. The van der Waals surface area contributed by atoms with Crippen LogP contribution in [0.25, 0.3) is 0 Å². The minimum Gasteiger partial charge on any atom is -0.363 e. The van der Waals surface area contributed by atoms with Gasteiger partial charge >= 0.3 is 0 Å². The van der Waals surface area contributed by atoms with Crippen LogP contribution in [-0.2, 0) is 19.3 Å². The van der Waals surface area contributed by atoms with E-state index in [1.54, 1.807) is 0 Å². The first-order chi connectivity index (χ1) is 16.1. The second-order valence-corrected chi connectivity index (χ2v) is 9.99. The van der Waals surface area contributed by atoms with Crippen molar-refractivity contribution in [3.05, 3.63) is 47.2 Å². The first-order valence-electron chi connectivity index (χ1n) is 12.5. The van der Waals surface area contributed by atoms with Crippen LogP contribution >= 0.6 is 12.2 Å². The van der Waals surface area contributed by atoms with Gasteiger partial charge in [-0.05, 0) is 82.0 Å². The molecular formula is C26H38N6S. The Labute approximate surface area is 204 Å². The normalized spacial score (nSPS) is 19.9. The monoisotopic (exact) mass is 466 g/mol. The molecule has 1 heterocycles. The van der Waals surface area contributed by atoms with E-state index in [0.29, 0.717) is 12.1 Å². The minimum absolute atomic E-state index is 0.423. The maximum Gasteiger partial charge on any atom is 0.225 e. The summed E-state index contributed by atoms with van der Waals surface area (Å²) in [7, 11) is 4.16. The van der Waals surface area contributed by atoms with Gasteiger partial charge in [-0.15, -0.1) is 0 Å². The largest absolute Gasteiger partial charge is 0.363 e. The summed E-state index contributed by atoms with van der Waals surface area (Å²) in [5, 5.41) is 11.3. The number of rotatable bonds is 8. The van der Waals surface area contributed by atoms with Gasteiger partial charge in [-0.2, -0.15) is 4.98 Å². The van der Waals surface area contributed by atoms with Crippen LogP contribution in [0, 0.1) is 0 Å². The van der Waals surface area contributed by atoms with Crippen LogP contribution in [0.4, 0.5) is 11.8 Å². The van der Waals surface area contributed by atoms with Crippen molar-refractivity contribution in [1.82, 2.24) is 20.6 Å². The SMILES string of the molecule is CN(C)c1nc(NC2CCC(NC(=S)NCCCc3ccccc3)CC2)nc2c1CCCC2. The fraction of sp³-hybridized carbons (Fsp3) is 0.577. The topological polar surface area (TPSA) is 65.1 Å². The lowest BCUT2D eigenvalue weighted by Crippen LogP contribution is -2.45. The third-order valence-corrected chi connectivity index (χ3v) is 7.01. The molecule has 2 aromatic rings. The molecule has 0 radical (unpaired) electrons. The molecule has 1 aromatic heterocycles. The van der Waals surface area contributed by atoms with Crippen LogP contribution in [0.2, 0.25) is 0 Å². The van der Waals surface area contributed by atoms with Gasteiger partial charge in [0.15, 0.2) is 5.11 Å². The van der Waals surface area contributed by atoms with Gasteiger partial charge in [-0.3, -0.25) is 0 Å². The van der Waals surface area contributed by atoms with E-state index >= 15 is 0 Å². The predicted molar refractivity (Wildman–Crippen MR) is 141 cm³/mol. The Balaban J connectivity index is 1.19. The number of thiocarbonyl (C=S) groups is 1. The third kappa shape index (κ3) is 6.79. The van der Waals surface area contributed by atoms with Crippen LogP contribution in [0.5, 0.6) is 0 Å². The number of anilines is 2. The fourth-order valence-electron chi connectivity index (χ4n) is 4.95. The summed E-state index contributed by atoms with van der Waals surface area (Å²) < 4.78 is 0. The summed E-state index contributed by atoms with van der Waals surface area (Å²) in [4.78, 5) is 11.9. The van der Waals surface area contributed by atoms with E-state index in [-0.39, 0.29) is 0 Å². The lowest BCUT2D eigenvalue weighted by molar-refractivity contribution is 0.385. The van der Waals surface area contributed by atoms with Gasteiger partial charge in [0.2, 0.25) is 5.95 Å². The molecule has 0 spiro atoms. The number of fused-ring (bicyclic) bond motifs is 1. The molecule has 33 heavy (non-hydrogen) atoms. The van der Waals surface area contributed by atoms with E-state index in [2.05, 4.69) is 65.3 Å². The average Bonchev–Trinajstić information content (AvgIpc) is 2.83. The lowest BCUT2D eigenvalue weighted by atomic mass is 9.91. The molecule has 0 unspecified atom stereocenters. The molecule has 0 aliphatic heterocycles. The average molecular weight is 467 g/mol. The van der Waals surface area contributed by atoms with Crippen molar-refractivity contribution in [2.75, 3.05) is 30.9 Å². The summed E-state index contributed by atoms with van der Waals surface area (Å²) in [5.74, 6) is 1.88. The van der Waals surface area contributed by atoms with Crippen LogP contribution < -0.4 is 20.9 Å². The highest BCUT2D eigenvalue weighted by Gasteiger charge is 2.24. The van der Waals surface area contributed by atoms with Crippen LogP contribution in [0.3, 0.4) is 0 Å². The van der Waals surface area contributed by atoms with E-state index < -0.39 is 0 Å². The Bertz CT molecular complexity index is 908. The number of nitrogens with zero attached hydrogens (tertiary/aromatic N) is 3. The summed E-state index contributed by atoms with van der Waals surface area (Å²) in [5.41, 5.74) is 3.96. The van der Waals surface area contributed by atoms with E-state index in [1.807, 2.05) is 0 Å². The smallest absolute Gasteiger partial charge is 0.225 e. The maximum atomic E-state index is 5.53. The van der Waals surface area contributed by atoms with Crippen LogP contribution in [0.1, 0.15) is 61.8 Å². The zero-order valence-corrected chi connectivity index (χ0v) is 20.9. The zero-order chi connectivity index (χ0) is 23.0. The number of hydrogen-bond acceptors (Lipinski definition) is 5. The number of benzene rings is 1. The molecule has 1 aromatic carbocycles. The molecule has 0 atom stereocenters. The highest BCUT2D eigenvalue weighted by molar-refractivity contribution is 7.80.